The number of nitriles is 1. The minimum absolute atomic E-state index is 0.0811. The predicted molar refractivity (Wildman–Crippen MR) is 79.8 cm³/mol. The van der Waals surface area contributed by atoms with Crippen LogP contribution in [0.4, 0.5) is 9.18 Å². The van der Waals surface area contributed by atoms with Crippen molar-refractivity contribution in [3.8, 4) is 11.8 Å². The molecule has 1 amide bonds. The van der Waals surface area contributed by atoms with Gasteiger partial charge in [0, 0.05) is 11.0 Å². The van der Waals surface area contributed by atoms with Crippen molar-refractivity contribution in [3.05, 3.63) is 41.2 Å². The molecule has 1 aromatic carbocycles. The summed E-state index contributed by atoms with van der Waals surface area (Å²) in [5.74, 6) is 0.0691. The second kappa shape index (κ2) is 7.46. The number of nitrogens with two attached hydrogens (primary N) is 1. The van der Waals surface area contributed by atoms with Gasteiger partial charge >= 0.3 is 6.09 Å². The van der Waals surface area contributed by atoms with E-state index in [-0.39, 0.29) is 18.8 Å². The van der Waals surface area contributed by atoms with Crippen LogP contribution in [-0.2, 0) is 4.74 Å². The summed E-state index contributed by atoms with van der Waals surface area (Å²) in [4.78, 5) is 10.7. The highest BCUT2D eigenvalue weighted by Crippen LogP contribution is 2.29. The normalized spacial score (nSPS) is 12.1. The van der Waals surface area contributed by atoms with Gasteiger partial charge in [-0.1, -0.05) is 20.8 Å². The van der Waals surface area contributed by atoms with E-state index in [1.165, 1.54) is 0 Å². The zero-order valence-electron chi connectivity index (χ0n) is 12.9. The zero-order valence-corrected chi connectivity index (χ0v) is 12.9. The van der Waals surface area contributed by atoms with E-state index >= 15 is 0 Å². The van der Waals surface area contributed by atoms with Gasteiger partial charge in [-0.2, -0.15) is 5.26 Å². The first kappa shape index (κ1) is 17.5. The second-order valence-electron chi connectivity index (χ2n) is 5.70. The Morgan fingerprint density at radius 2 is 1.86 bits per heavy atom. The van der Waals surface area contributed by atoms with Gasteiger partial charge in [-0.15, -0.1) is 0 Å². The number of allylic oxidation sites excluding steroid dienone is 1. The van der Waals surface area contributed by atoms with Crippen LogP contribution in [0.5, 0.6) is 5.75 Å². The van der Waals surface area contributed by atoms with E-state index in [0.29, 0.717) is 11.3 Å². The number of halogens is 1. The molecule has 2 N–H and O–H groups in total. The lowest BCUT2D eigenvalue weighted by molar-refractivity contribution is 0.160. The number of hydrogen-bond donors (Lipinski definition) is 1. The molecule has 0 heterocycles. The summed E-state index contributed by atoms with van der Waals surface area (Å²) in [5.41, 5.74) is 4.89. The molecule has 22 heavy (non-hydrogen) atoms. The number of amides is 1. The number of ether oxygens (including phenoxy) is 2. The molecule has 0 aliphatic heterocycles. The molecule has 0 aliphatic carbocycles. The van der Waals surface area contributed by atoms with Crippen LogP contribution < -0.4 is 10.5 Å². The Morgan fingerprint density at radius 1 is 1.27 bits per heavy atom. The lowest BCUT2D eigenvalue weighted by atomic mass is 9.92. The van der Waals surface area contributed by atoms with Crippen LogP contribution in [0, 0.1) is 16.7 Å². The first-order valence-corrected chi connectivity index (χ1v) is 6.67. The number of benzene rings is 1. The van der Waals surface area contributed by atoms with Gasteiger partial charge in [-0.05, 0) is 24.3 Å². The molecule has 118 valence electrons. The third kappa shape index (κ3) is 5.44. The van der Waals surface area contributed by atoms with Gasteiger partial charge < -0.3 is 15.2 Å². The van der Waals surface area contributed by atoms with E-state index in [0.717, 1.165) is 0 Å². The van der Waals surface area contributed by atoms with Crippen molar-refractivity contribution in [1.82, 2.24) is 0 Å². The van der Waals surface area contributed by atoms with E-state index in [4.69, 9.17) is 15.7 Å². The molecule has 0 aromatic heterocycles. The monoisotopic (exact) mass is 306 g/mol. The van der Waals surface area contributed by atoms with Crippen LogP contribution in [0.3, 0.4) is 0 Å². The lowest BCUT2D eigenvalue weighted by Gasteiger charge is -2.20. The highest BCUT2D eigenvalue weighted by Gasteiger charge is 2.22. The molecule has 0 saturated heterocycles. The molecule has 0 fully saturated rings. The summed E-state index contributed by atoms with van der Waals surface area (Å²) in [5, 5.41) is 8.72. The third-order valence-corrected chi connectivity index (χ3v) is 2.75. The Morgan fingerprint density at radius 3 is 2.32 bits per heavy atom. The Labute approximate surface area is 129 Å². The molecule has 0 saturated carbocycles. The minimum atomic E-state index is -0.974. The number of carbonyl (C=O) groups is 1. The maximum atomic E-state index is 14.4. The van der Waals surface area contributed by atoms with E-state index in [9.17, 15) is 9.18 Å². The van der Waals surface area contributed by atoms with E-state index in [1.807, 2.05) is 6.07 Å². The SMILES string of the molecule is CC(C)(C)C(F)=C(COC(N)=O)COc1ccc(C#N)cc1. The fraction of sp³-hybridized carbons (Fsp3) is 0.375. The molecule has 0 spiro atoms. The summed E-state index contributed by atoms with van der Waals surface area (Å²) in [6.07, 6.45) is -0.974. The van der Waals surface area contributed by atoms with Crippen molar-refractivity contribution in [1.29, 1.82) is 5.26 Å². The Bertz CT molecular complexity index is 595. The summed E-state index contributed by atoms with van der Waals surface area (Å²) < 4.78 is 24.5. The number of carbonyl (C=O) groups excluding carboxylic acids is 1. The second-order valence-corrected chi connectivity index (χ2v) is 5.70. The lowest BCUT2D eigenvalue weighted by Crippen LogP contribution is -2.20. The van der Waals surface area contributed by atoms with Crippen molar-refractivity contribution in [2.75, 3.05) is 13.2 Å². The fourth-order valence-corrected chi connectivity index (χ4v) is 1.65. The van der Waals surface area contributed by atoms with Gasteiger partial charge in [0.25, 0.3) is 0 Å². The molecule has 6 heteroatoms. The van der Waals surface area contributed by atoms with Crippen LogP contribution in [-0.4, -0.2) is 19.3 Å². The molecule has 5 nitrogen and oxygen atoms in total. The average molecular weight is 306 g/mol. The molecule has 1 aromatic rings. The fourth-order valence-electron chi connectivity index (χ4n) is 1.65. The minimum Gasteiger partial charge on any atom is -0.489 e. The third-order valence-electron chi connectivity index (χ3n) is 2.75. The highest BCUT2D eigenvalue weighted by atomic mass is 19.1. The number of hydrogen-bond acceptors (Lipinski definition) is 4. The van der Waals surface area contributed by atoms with Crippen molar-refractivity contribution < 1.29 is 18.7 Å². The van der Waals surface area contributed by atoms with E-state index < -0.39 is 17.3 Å². The van der Waals surface area contributed by atoms with Gasteiger partial charge in [-0.3, -0.25) is 0 Å². The van der Waals surface area contributed by atoms with Gasteiger partial charge in [0.1, 0.15) is 24.8 Å². The van der Waals surface area contributed by atoms with Crippen LogP contribution in [0.15, 0.2) is 35.7 Å². The smallest absolute Gasteiger partial charge is 0.404 e. The molecule has 0 radical (unpaired) electrons. The van der Waals surface area contributed by atoms with Crippen LogP contribution in [0.25, 0.3) is 0 Å². The van der Waals surface area contributed by atoms with Crippen molar-refractivity contribution in [2.45, 2.75) is 20.8 Å². The van der Waals surface area contributed by atoms with Crippen LogP contribution >= 0.6 is 0 Å². The van der Waals surface area contributed by atoms with Crippen LogP contribution in [0.2, 0.25) is 0 Å². The molecular formula is C16H19FN2O3. The Kier molecular flexibility index (Phi) is 5.93. The first-order chi connectivity index (χ1) is 10.2. The van der Waals surface area contributed by atoms with Crippen LogP contribution in [0.1, 0.15) is 26.3 Å². The predicted octanol–water partition coefficient (Wildman–Crippen LogP) is 3.30. The molecule has 1 rings (SSSR count). The summed E-state index contributed by atoms with van der Waals surface area (Å²) >= 11 is 0. The topological polar surface area (TPSA) is 85.3 Å². The average Bonchev–Trinajstić information content (AvgIpc) is 2.46. The summed E-state index contributed by atoms with van der Waals surface area (Å²) in [6.45, 7) is 4.76. The molecular weight excluding hydrogens is 287 g/mol. The molecule has 0 atom stereocenters. The van der Waals surface area contributed by atoms with Gasteiger partial charge in [0.15, 0.2) is 0 Å². The zero-order chi connectivity index (χ0) is 16.8. The van der Waals surface area contributed by atoms with E-state index in [1.54, 1.807) is 45.0 Å². The first-order valence-electron chi connectivity index (χ1n) is 6.67. The molecule has 0 bridgehead atoms. The van der Waals surface area contributed by atoms with Crippen molar-refractivity contribution >= 4 is 6.09 Å². The summed E-state index contributed by atoms with van der Waals surface area (Å²) in [6, 6.07) is 8.41. The molecule has 0 unspecified atom stereocenters. The maximum absolute atomic E-state index is 14.4. The van der Waals surface area contributed by atoms with Gasteiger partial charge in [-0.25, -0.2) is 9.18 Å². The Hall–Kier alpha value is -2.55. The van der Waals surface area contributed by atoms with Crippen molar-refractivity contribution in [3.63, 3.8) is 0 Å². The van der Waals surface area contributed by atoms with E-state index in [2.05, 4.69) is 4.74 Å². The Balaban J connectivity index is 2.84. The largest absolute Gasteiger partial charge is 0.489 e. The van der Waals surface area contributed by atoms with Gasteiger partial charge in [0.2, 0.25) is 0 Å². The number of primary amides is 1. The summed E-state index contributed by atoms with van der Waals surface area (Å²) in [7, 11) is 0. The number of rotatable bonds is 5. The maximum Gasteiger partial charge on any atom is 0.404 e. The number of nitrogens with zero attached hydrogens (tertiary/aromatic N) is 1. The molecule has 0 aliphatic rings. The highest BCUT2D eigenvalue weighted by molar-refractivity contribution is 5.64. The van der Waals surface area contributed by atoms with Crippen molar-refractivity contribution in [2.24, 2.45) is 11.1 Å². The standard InChI is InChI=1S/C16H19FN2O3/c1-16(2,3)14(17)12(10-22-15(19)20)9-21-13-6-4-11(8-18)5-7-13/h4-7H,9-10H2,1-3H3,(H2,19,20). The quantitative estimate of drug-likeness (QED) is 0.904. The van der Waals surface area contributed by atoms with Gasteiger partial charge in [0.05, 0.1) is 11.6 Å².